The highest BCUT2D eigenvalue weighted by Gasteiger charge is 2.19. The van der Waals surface area contributed by atoms with Crippen LogP contribution in [0.4, 0.5) is 0 Å². The summed E-state index contributed by atoms with van der Waals surface area (Å²) in [6, 6.07) is 21.2. The molecule has 3 aromatic carbocycles. The van der Waals surface area contributed by atoms with Gasteiger partial charge >= 0.3 is 0 Å². The van der Waals surface area contributed by atoms with Gasteiger partial charge in [0.2, 0.25) is 0 Å². The molecule has 0 unspecified atom stereocenters. The lowest BCUT2D eigenvalue weighted by Gasteiger charge is -2.14. The molecule has 5 heteroatoms. The Hall–Kier alpha value is -2.89. The normalized spacial score (nSPS) is 11.5. The molecule has 0 bridgehead atoms. The highest BCUT2D eigenvalue weighted by molar-refractivity contribution is 7.98. The molecule has 5 aromatic rings. The summed E-state index contributed by atoms with van der Waals surface area (Å²) in [5.41, 5.74) is 5.61. The summed E-state index contributed by atoms with van der Waals surface area (Å²) in [6.45, 7) is 8.43. The van der Waals surface area contributed by atoms with Gasteiger partial charge in [0.25, 0.3) is 5.56 Å². The van der Waals surface area contributed by atoms with Crippen molar-refractivity contribution >= 4 is 44.1 Å². The summed E-state index contributed by atoms with van der Waals surface area (Å²) >= 11 is 3.30. The van der Waals surface area contributed by atoms with Crippen LogP contribution in [0.5, 0.6) is 0 Å². The summed E-state index contributed by atoms with van der Waals surface area (Å²) in [5, 5.41) is 3.98. The van der Waals surface area contributed by atoms with Gasteiger partial charge in [-0.2, -0.15) is 0 Å². The Morgan fingerprint density at radius 2 is 1.74 bits per heavy atom. The maximum atomic E-state index is 13.9. The SMILES string of the molecule is CCCc1sc2nc(SCc3ccc4ccccc4c3)n(-c3ccc(C)c(C)c3)c(=O)c2c1C. The van der Waals surface area contributed by atoms with Crippen LogP contribution in [0.3, 0.4) is 0 Å². The van der Waals surface area contributed by atoms with E-state index >= 15 is 0 Å². The fraction of sp³-hybridized carbons (Fsp3) is 0.241. The number of nitrogens with zero attached hydrogens (tertiary/aromatic N) is 2. The summed E-state index contributed by atoms with van der Waals surface area (Å²) in [6.07, 6.45) is 2.04. The van der Waals surface area contributed by atoms with E-state index in [0.29, 0.717) is 0 Å². The van der Waals surface area contributed by atoms with Crippen LogP contribution in [0.25, 0.3) is 26.7 Å². The molecule has 3 nitrogen and oxygen atoms in total. The lowest BCUT2D eigenvalue weighted by Crippen LogP contribution is -2.21. The minimum atomic E-state index is 0.0327. The molecule has 0 saturated heterocycles. The second-order valence-corrected chi connectivity index (χ2v) is 10.9. The van der Waals surface area contributed by atoms with E-state index in [0.717, 1.165) is 45.2 Å². The largest absolute Gasteiger partial charge is 0.268 e. The topological polar surface area (TPSA) is 34.9 Å². The predicted molar refractivity (Wildman–Crippen MR) is 147 cm³/mol. The smallest absolute Gasteiger partial charge is 0.267 e. The van der Waals surface area contributed by atoms with Gasteiger partial charge in [0.05, 0.1) is 11.1 Å². The van der Waals surface area contributed by atoms with Gasteiger partial charge in [-0.1, -0.05) is 73.6 Å². The van der Waals surface area contributed by atoms with E-state index in [-0.39, 0.29) is 5.56 Å². The molecule has 2 aromatic heterocycles. The fourth-order valence-electron chi connectivity index (χ4n) is 4.34. The molecule has 0 aliphatic carbocycles. The molecule has 34 heavy (non-hydrogen) atoms. The standard InChI is InChI=1S/C29H28N2OS2/c1-5-8-25-20(4)26-27(34-25)30-29(31(28(26)32)24-14-11-18(2)19(3)15-24)33-17-21-12-13-22-9-6-7-10-23(22)16-21/h6-7,9-16H,5,8,17H2,1-4H3. The van der Waals surface area contributed by atoms with Gasteiger partial charge in [-0.05, 0) is 72.4 Å². The Bertz CT molecular complexity index is 1580. The first-order chi connectivity index (χ1) is 16.5. The van der Waals surface area contributed by atoms with Crippen molar-refractivity contribution in [1.29, 1.82) is 0 Å². The lowest BCUT2D eigenvalue weighted by molar-refractivity contribution is 0.820. The van der Waals surface area contributed by atoms with E-state index in [2.05, 4.69) is 82.3 Å². The molecular weight excluding hydrogens is 456 g/mol. The Balaban J connectivity index is 1.63. The third-order valence-corrected chi connectivity index (χ3v) is 8.70. The molecule has 0 amide bonds. The van der Waals surface area contributed by atoms with Crippen molar-refractivity contribution in [1.82, 2.24) is 9.55 Å². The number of fused-ring (bicyclic) bond motifs is 2. The summed E-state index contributed by atoms with van der Waals surface area (Å²) in [7, 11) is 0. The number of aryl methyl sites for hydroxylation is 4. The molecule has 0 aliphatic heterocycles. The quantitative estimate of drug-likeness (QED) is 0.182. The van der Waals surface area contributed by atoms with Gasteiger partial charge in [-0.3, -0.25) is 9.36 Å². The van der Waals surface area contributed by atoms with E-state index in [9.17, 15) is 4.79 Å². The van der Waals surface area contributed by atoms with Crippen molar-refractivity contribution < 1.29 is 0 Å². The molecule has 0 N–H and O–H groups in total. The second-order valence-electron chi connectivity index (χ2n) is 8.85. The van der Waals surface area contributed by atoms with Crippen LogP contribution in [0, 0.1) is 20.8 Å². The third kappa shape index (κ3) is 4.19. The van der Waals surface area contributed by atoms with Crippen LogP contribution in [-0.4, -0.2) is 9.55 Å². The second kappa shape index (κ2) is 9.40. The van der Waals surface area contributed by atoms with Gasteiger partial charge in [-0.15, -0.1) is 11.3 Å². The molecule has 0 aliphatic rings. The van der Waals surface area contributed by atoms with Crippen molar-refractivity contribution in [2.45, 2.75) is 51.4 Å². The Labute approximate surface area is 208 Å². The van der Waals surface area contributed by atoms with Crippen molar-refractivity contribution in [3.63, 3.8) is 0 Å². The molecule has 0 radical (unpaired) electrons. The first-order valence-corrected chi connectivity index (χ1v) is 13.5. The summed E-state index contributed by atoms with van der Waals surface area (Å²) < 4.78 is 1.82. The monoisotopic (exact) mass is 484 g/mol. The number of hydrogen-bond donors (Lipinski definition) is 0. The molecule has 2 heterocycles. The van der Waals surface area contributed by atoms with E-state index in [1.54, 1.807) is 23.1 Å². The van der Waals surface area contributed by atoms with Crippen molar-refractivity contribution in [2.24, 2.45) is 0 Å². The number of hydrogen-bond acceptors (Lipinski definition) is 4. The average molecular weight is 485 g/mol. The molecule has 0 saturated carbocycles. The molecule has 0 atom stereocenters. The van der Waals surface area contributed by atoms with E-state index in [1.807, 2.05) is 10.6 Å². The molecule has 0 spiro atoms. The molecule has 172 valence electrons. The minimum absolute atomic E-state index is 0.0327. The number of benzene rings is 3. The zero-order valence-electron chi connectivity index (χ0n) is 20.0. The Morgan fingerprint density at radius 1 is 0.941 bits per heavy atom. The van der Waals surface area contributed by atoms with Gasteiger partial charge in [-0.25, -0.2) is 4.98 Å². The number of thiophene rings is 1. The van der Waals surface area contributed by atoms with Gasteiger partial charge < -0.3 is 0 Å². The molecular formula is C29H28N2OS2. The Kier molecular flexibility index (Phi) is 6.32. The first kappa shape index (κ1) is 22.9. The van der Waals surface area contributed by atoms with Crippen LogP contribution < -0.4 is 5.56 Å². The van der Waals surface area contributed by atoms with Crippen molar-refractivity contribution in [3.05, 3.63) is 98.1 Å². The van der Waals surface area contributed by atoms with Crippen LogP contribution in [0.15, 0.2) is 70.6 Å². The third-order valence-electron chi connectivity index (χ3n) is 6.44. The number of aromatic nitrogens is 2. The maximum Gasteiger partial charge on any atom is 0.267 e. The zero-order valence-corrected chi connectivity index (χ0v) is 21.6. The van der Waals surface area contributed by atoms with Crippen molar-refractivity contribution in [3.8, 4) is 5.69 Å². The van der Waals surface area contributed by atoms with Gasteiger partial charge in [0.15, 0.2) is 5.16 Å². The van der Waals surface area contributed by atoms with E-state index < -0.39 is 0 Å². The van der Waals surface area contributed by atoms with Crippen LogP contribution in [0.1, 0.15) is 40.5 Å². The van der Waals surface area contributed by atoms with E-state index in [1.165, 1.54) is 32.3 Å². The Morgan fingerprint density at radius 3 is 2.50 bits per heavy atom. The highest BCUT2D eigenvalue weighted by Crippen LogP contribution is 2.32. The summed E-state index contributed by atoms with van der Waals surface area (Å²) in [4.78, 5) is 21.1. The molecule has 0 fully saturated rings. The fourth-order valence-corrected chi connectivity index (χ4v) is 6.62. The van der Waals surface area contributed by atoms with Crippen LogP contribution in [0.2, 0.25) is 0 Å². The van der Waals surface area contributed by atoms with Crippen LogP contribution >= 0.6 is 23.1 Å². The van der Waals surface area contributed by atoms with Crippen LogP contribution in [-0.2, 0) is 12.2 Å². The maximum absolute atomic E-state index is 13.9. The van der Waals surface area contributed by atoms with Crippen molar-refractivity contribution in [2.75, 3.05) is 0 Å². The van der Waals surface area contributed by atoms with E-state index in [4.69, 9.17) is 4.98 Å². The number of rotatable bonds is 6. The lowest BCUT2D eigenvalue weighted by atomic mass is 10.1. The highest BCUT2D eigenvalue weighted by atomic mass is 32.2. The van der Waals surface area contributed by atoms with Gasteiger partial charge in [0, 0.05) is 10.6 Å². The zero-order chi connectivity index (χ0) is 23.8. The molecule has 5 rings (SSSR count). The summed E-state index contributed by atoms with van der Waals surface area (Å²) in [5.74, 6) is 0.750. The predicted octanol–water partition coefficient (Wildman–Crippen LogP) is 7.77. The number of thioether (sulfide) groups is 1. The first-order valence-electron chi connectivity index (χ1n) is 11.7. The minimum Gasteiger partial charge on any atom is -0.268 e. The average Bonchev–Trinajstić information content (AvgIpc) is 3.15. The van der Waals surface area contributed by atoms with Gasteiger partial charge in [0.1, 0.15) is 4.83 Å².